The molecule has 0 radical (unpaired) electrons. The van der Waals surface area contributed by atoms with Gasteiger partial charge in [-0.1, -0.05) is 37.6 Å². The van der Waals surface area contributed by atoms with Gasteiger partial charge in [-0.05, 0) is 60.7 Å². The maximum absolute atomic E-state index is 13.0. The lowest BCUT2D eigenvalue weighted by molar-refractivity contribution is 0.0854. The van der Waals surface area contributed by atoms with Crippen molar-refractivity contribution in [1.82, 2.24) is 5.32 Å². The van der Waals surface area contributed by atoms with Gasteiger partial charge in [0.25, 0.3) is 5.91 Å². The molecule has 2 heterocycles. The first-order valence-electron chi connectivity index (χ1n) is 10.3. The smallest absolute Gasteiger partial charge is 0.256 e. The van der Waals surface area contributed by atoms with E-state index in [0.717, 1.165) is 30.5 Å². The molecule has 5 nitrogen and oxygen atoms in total. The molecule has 1 unspecified atom stereocenters. The first kappa shape index (κ1) is 20.6. The van der Waals surface area contributed by atoms with E-state index in [1.165, 1.54) is 5.56 Å². The van der Waals surface area contributed by atoms with Crippen molar-refractivity contribution >= 4 is 34.2 Å². The maximum Gasteiger partial charge on any atom is 0.256 e. The Bertz CT molecular complexity index is 1130. The van der Waals surface area contributed by atoms with E-state index in [0.29, 0.717) is 28.6 Å². The van der Waals surface area contributed by atoms with Crippen molar-refractivity contribution in [3.63, 3.8) is 0 Å². The first-order valence-corrected chi connectivity index (χ1v) is 10.7. The number of carbonyl (C=O) groups is 1. The van der Waals surface area contributed by atoms with Gasteiger partial charge in [-0.25, -0.2) is 4.99 Å². The van der Waals surface area contributed by atoms with E-state index in [2.05, 4.69) is 30.2 Å². The molecule has 1 aromatic heterocycles. The summed E-state index contributed by atoms with van der Waals surface area (Å²) in [6, 6.07) is 15.1. The highest BCUT2D eigenvalue weighted by molar-refractivity contribution is 6.31. The fourth-order valence-corrected chi connectivity index (χ4v) is 3.71. The van der Waals surface area contributed by atoms with Crippen molar-refractivity contribution < 1.29 is 13.9 Å². The summed E-state index contributed by atoms with van der Waals surface area (Å²) in [7, 11) is 0. The molecule has 1 N–H and O–H groups in total. The van der Waals surface area contributed by atoms with Gasteiger partial charge in [0.05, 0.1) is 11.8 Å². The zero-order valence-corrected chi connectivity index (χ0v) is 17.9. The summed E-state index contributed by atoms with van der Waals surface area (Å²) in [6.45, 7) is 5.48. The van der Waals surface area contributed by atoms with Crippen LogP contribution in [0.3, 0.4) is 0 Å². The van der Waals surface area contributed by atoms with Gasteiger partial charge in [0.15, 0.2) is 0 Å². The molecule has 0 aliphatic carbocycles. The summed E-state index contributed by atoms with van der Waals surface area (Å²) in [5.41, 5.74) is 3.18. The molecule has 3 aromatic rings. The number of halogens is 1. The third kappa shape index (κ3) is 4.74. The van der Waals surface area contributed by atoms with Crippen LogP contribution in [0.5, 0.6) is 0 Å². The van der Waals surface area contributed by atoms with Gasteiger partial charge >= 0.3 is 0 Å². The van der Waals surface area contributed by atoms with Crippen molar-refractivity contribution in [3.8, 4) is 0 Å². The van der Waals surface area contributed by atoms with Crippen LogP contribution in [0.15, 0.2) is 57.9 Å². The number of carbonyl (C=O) groups excluding carboxylic acids is 1. The molecular weight excluding hydrogens is 400 g/mol. The highest BCUT2D eigenvalue weighted by Crippen LogP contribution is 2.22. The lowest BCUT2D eigenvalue weighted by Gasteiger charge is -2.11. The summed E-state index contributed by atoms with van der Waals surface area (Å²) in [6.07, 6.45) is 2.04. The minimum absolute atomic E-state index is 0.0592. The van der Waals surface area contributed by atoms with Gasteiger partial charge in [0.1, 0.15) is 11.1 Å². The molecule has 1 amide bonds. The van der Waals surface area contributed by atoms with Crippen LogP contribution in [-0.4, -0.2) is 25.2 Å². The van der Waals surface area contributed by atoms with Crippen LogP contribution in [0.2, 0.25) is 5.02 Å². The Kier molecular flexibility index (Phi) is 6.21. The van der Waals surface area contributed by atoms with Gasteiger partial charge in [-0.3, -0.25) is 4.79 Å². The Balaban J connectivity index is 1.76. The van der Waals surface area contributed by atoms with Crippen LogP contribution in [0.1, 0.15) is 48.5 Å². The second-order valence-electron chi connectivity index (χ2n) is 7.85. The third-order valence-corrected chi connectivity index (χ3v) is 5.47. The topological polar surface area (TPSA) is 63.8 Å². The van der Waals surface area contributed by atoms with E-state index in [-0.39, 0.29) is 17.6 Å². The molecule has 0 bridgehead atoms. The third-order valence-electron chi connectivity index (χ3n) is 5.24. The molecule has 0 saturated carbocycles. The molecule has 1 atom stereocenters. The zero-order chi connectivity index (χ0) is 21.1. The van der Waals surface area contributed by atoms with Gasteiger partial charge in [-0.15, -0.1) is 0 Å². The van der Waals surface area contributed by atoms with Gasteiger partial charge < -0.3 is 14.5 Å². The van der Waals surface area contributed by atoms with E-state index >= 15 is 0 Å². The number of benzene rings is 2. The summed E-state index contributed by atoms with van der Waals surface area (Å²) in [5, 5.41) is 4.29. The molecule has 4 rings (SSSR count). The lowest BCUT2D eigenvalue weighted by Crippen LogP contribution is -2.34. The fourth-order valence-electron chi connectivity index (χ4n) is 3.52. The maximum atomic E-state index is 13.0. The standard InChI is InChI=1S/C24H25ClN2O3/c1-15(2)16-5-3-6-19(12-16)27-24-21(23(28)26-14-20-7-4-10-29-20)13-17-11-18(25)8-9-22(17)30-24/h3,5-6,8-9,11-13,15,20H,4,7,10,14H2,1-2H3,(H,26,28). The van der Waals surface area contributed by atoms with E-state index in [4.69, 9.17) is 20.8 Å². The molecule has 1 saturated heterocycles. The van der Waals surface area contributed by atoms with Gasteiger partial charge in [-0.2, -0.15) is 0 Å². The van der Waals surface area contributed by atoms with E-state index in [9.17, 15) is 4.79 Å². The number of hydrogen-bond acceptors (Lipinski definition) is 4. The first-order chi connectivity index (χ1) is 14.5. The van der Waals surface area contributed by atoms with Crippen molar-refractivity contribution in [1.29, 1.82) is 0 Å². The molecule has 1 aliphatic rings. The van der Waals surface area contributed by atoms with Crippen molar-refractivity contribution in [2.75, 3.05) is 13.2 Å². The van der Waals surface area contributed by atoms with Crippen molar-refractivity contribution in [2.45, 2.75) is 38.7 Å². The van der Waals surface area contributed by atoms with Crippen LogP contribution in [0.4, 0.5) is 5.69 Å². The normalized spacial score (nSPS) is 17.1. The van der Waals surface area contributed by atoms with E-state index in [1.807, 2.05) is 18.2 Å². The Morgan fingerprint density at radius 2 is 2.10 bits per heavy atom. The monoisotopic (exact) mass is 424 g/mol. The SMILES string of the molecule is CC(C)c1cccc(N=c2oc3ccc(Cl)cc3cc2C(=O)NCC2CCCO2)c1. The van der Waals surface area contributed by atoms with E-state index < -0.39 is 0 Å². The predicted molar refractivity (Wildman–Crippen MR) is 118 cm³/mol. The van der Waals surface area contributed by atoms with E-state index in [1.54, 1.807) is 24.3 Å². The molecule has 1 aliphatic heterocycles. The van der Waals surface area contributed by atoms with Gasteiger partial charge in [0.2, 0.25) is 5.55 Å². The predicted octanol–water partition coefficient (Wildman–Crippen LogP) is 5.35. The van der Waals surface area contributed by atoms with Crippen molar-refractivity contribution in [3.05, 3.63) is 70.2 Å². The average Bonchev–Trinajstić information content (AvgIpc) is 3.25. The summed E-state index contributed by atoms with van der Waals surface area (Å²) in [4.78, 5) is 17.7. The minimum atomic E-state index is -0.241. The summed E-state index contributed by atoms with van der Waals surface area (Å²) < 4.78 is 11.6. The molecule has 0 spiro atoms. The molecule has 6 heteroatoms. The highest BCUT2D eigenvalue weighted by atomic mass is 35.5. The Hall–Kier alpha value is -2.63. The Morgan fingerprint density at radius 3 is 2.87 bits per heavy atom. The largest absolute Gasteiger partial charge is 0.438 e. The summed E-state index contributed by atoms with van der Waals surface area (Å²) in [5.74, 6) is 0.139. The molecule has 30 heavy (non-hydrogen) atoms. The van der Waals surface area contributed by atoms with Crippen LogP contribution in [0.25, 0.3) is 11.0 Å². The van der Waals surface area contributed by atoms with Crippen LogP contribution in [-0.2, 0) is 4.74 Å². The second-order valence-corrected chi connectivity index (χ2v) is 8.29. The number of rotatable bonds is 5. The molecular formula is C24H25ClN2O3. The quantitative estimate of drug-likeness (QED) is 0.600. The Morgan fingerprint density at radius 1 is 1.23 bits per heavy atom. The molecule has 156 valence electrons. The van der Waals surface area contributed by atoms with Gasteiger partial charge in [0, 0.05) is 23.6 Å². The van der Waals surface area contributed by atoms with Crippen LogP contribution >= 0.6 is 11.6 Å². The number of nitrogens with zero attached hydrogens (tertiary/aromatic N) is 1. The average molecular weight is 425 g/mol. The number of ether oxygens (including phenoxy) is 1. The number of amides is 1. The molecule has 2 aromatic carbocycles. The summed E-state index contributed by atoms with van der Waals surface area (Å²) >= 11 is 6.13. The van der Waals surface area contributed by atoms with Crippen LogP contribution < -0.4 is 10.9 Å². The zero-order valence-electron chi connectivity index (χ0n) is 17.2. The number of fused-ring (bicyclic) bond motifs is 1. The number of hydrogen-bond donors (Lipinski definition) is 1. The highest BCUT2D eigenvalue weighted by Gasteiger charge is 2.18. The minimum Gasteiger partial charge on any atom is -0.438 e. The van der Waals surface area contributed by atoms with Crippen molar-refractivity contribution in [2.24, 2.45) is 4.99 Å². The fraction of sp³-hybridized carbons (Fsp3) is 0.333. The molecule has 1 fully saturated rings. The second kappa shape index (κ2) is 9.02. The van der Waals surface area contributed by atoms with Crippen LogP contribution in [0, 0.1) is 0 Å². The lowest BCUT2D eigenvalue weighted by atomic mass is 10.0. The number of nitrogens with one attached hydrogen (secondary N) is 1. The Labute approximate surface area is 180 Å².